The van der Waals surface area contributed by atoms with Gasteiger partial charge in [-0.3, -0.25) is 0 Å². The standard InChI is InChI=1S/C12H23N5/c1-4-17(9-5-8-16(2)3)11-6-7-14-12(10-11)15-13/h6-7,10H,4-5,8-9,13H2,1-3H3,(H,14,15). The normalized spacial score (nSPS) is 10.6. The molecular formula is C12H23N5. The molecule has 17 heavy (non-hydrogen) atoms. The van der Waals surface area contributed by atoms with Gasteiger partial charge in [-0.2, -0.15) is 0 Å². The van der Waals surface area contributed by atoms with E-state index in [4.69, 9.17) is 5.84 Å². The van der Waals surface area contributed by atoms with Crippen molar-refractivity contribution in [3.05, 3.63) is 18.3 Å². The van der Waals surface area contributed by atoms with Crippen LogP contribution < -0.4 is 16.2 Å². The van der Waals surface area contributed by atoms with Crippen LogP contribution in [0.1, 0.15) is 13.3 Å². The highest BCUT2D eigenvalue weighted by Crippen LogP contribution is 2.16. The molecule has 0 saturated carbocycles. The molecule has 3 N–H and O–H groups in total. The Bertz CT molecular complexity index is 326. The Labute approximate surface area is 104 Å². The summed E-state index contributed by atoms with van der Waals surface area (Å²) in [5.74, 6) is 6.06. The molecule has 5 nitrogen and oxygen atoms in total. The van der Waals surface area contributed by atoms with Crippen molar-refractivity contribution in [1.82, 2.24) is 9.88 Å². The van der Waals surface area contributed by atoms with E-state index in [1.54, 1.807) is 6.20 Å². The predicted octanol–water partition coefficient (Wildman–Crippen LogP) is 1.15. The number of hydrogen-bond acceptors (Lipinski definition) is 5. The van der Waals surface area contributed by atoms with Gasteiger partial charge in [0.05, 0.1) is 0 Å². The topological polar surface area (TPSA) is 57.4 Å². The number of pyridine rings is 1. The maximum Gasteiger partial charge on any atom is 0.141 e. The first-order valence-corrected chi connectivity index (χ1v) is 5.99. The van der Waals surface area contributed by atoms with Gasteiger partial charge in [0.15, 0.2) is 0 Å². The Morgan fingerprint density at radius 1 is 1.35 bits per heavy atom. The lowest BCUT2D eigenvalue weighted by molar-refractivity contribution is 0.400. The van der Waals surface area contributed by atoms with Gasteiger partial charge in [0.2, 0.25) is 0 Å². The van der Waals surface area contributed by atoms with Crippen LogP contribution in [0.5, 0.6) is 0 Å². The first-order chi connectivity index (χ1) is 8.17. The molecule has 0 spiro atoms. The van der Waals surface area contributed by atoms with E-state index >= 15 is 0 Å². The van der Waals surface area contributed by atoms with E-state index in [2.05, 4.69) is 41.2 Å². The van der Waals surface area contributed by atoms with Crippen LogP contribution in [0.25, 0.3) is 0 Å². The lowest BCUT2D eigenvalue weighted by Gasteiger charge is -2.24. The number of nitrogens with two attached hydrogens (primary N) is 1. The van der Waals surface area contributed by atoms with Gasteiger partial charge in [-0.05, 0) is 40.1 Å². The molecule has 0 saturated heterocycles. The first kappa shape index (κ1) is 13.7. The van der Waals surface area contributed by atoms with E-state index in [9.17, 15) is 0 Å². The van der Waals surface area contributed by atoms with Crippen molar-refractivity contribution >= 4 is 11.5 Å². The molecule has 1 heterocycles. The second-order valence-corrected chi connectivity index (χ2v) is 4.28. The molecule has 0 bridgehead atoms. The van der Waals surface area contributed by atoms with Crippen LogP contribution in [-0.4, -0.2) is 43.6 Å². The molecule has 1 aromatic rings. The van der Waals surface area contributed by atoms with E-state index in [1.807, 2.05) is 12.1 Å². The molecule has 0 radical (unpaired) electrons. The van der Waals surface area contributed by atoms with Gasteiger partial charge in [-0.1, -0.05) is 0 Å². The average molecular weight is 237 g/mol. The number of nitrogens with zero attached hydrogens (tertiary/aromatic N) is 3. The highest BCUT2D eigenvalue weighted by atomic mass is 15.2. The van der Waals surface area contributed by atoms with Crippen LogP contribution in [0, 0.1) is 0 Å². The van der Waals surface area contributed by atoms with Gasteiger partial charge < -0.3 is 15.2 Å². The molecule has 0 aliphatic heterocycles. The van der Waals surface area contributed by atoms with Crippen molar-refractivity contribution in [3.63, 3.8) is 0 Å². The largest absolute Gasteiger partial charge is 0.372 e. The lowest BCUT2D eigenvalue weighted by atomic mass is 10.3. The zero-order chi connectivity index (χ0) is 12.7. The third-order valence-corrected chi connectivity index (χ3v) is 2.67. The quantitative estimate of drug-likeness (QED) is 0.550. The summed E-state index contributed by atoms with van der Waals surface area (Å²) in [4.78, 5) is 8.64. The molecule has 96 valence electrons. The molecule has 0 aliphatic carbocycles. The van der Waals surface area contributed by atoms with Crippen molar-refractivity contribution in [3.8, 4) is 0 Å². The summed E-state index contributed by atoms with van der Waals surface area (Å²) >= 11 is 0. The Morgan fingerprint density at radius 3 is 2.71 bits per heavy atom. The maximum atomic E-state index is 5.36. The van der Waals surface area contributed by atoms with Crippen molar-refractivity contribution in [2.24, 2.45) is 5.84 Å². The number of hydrogen-bond donors (Lipinski definition) is 2. The number of rotatable bonds is 7. The maximum absolute atomic E-state index is 5.36. The average Bonchev–Trinajstić information content (AvgIpc) is 2.34. The third-order valence-electron chi connectivity index (χ3n) is 2.67. The fourth-order valence-electron chi connectivity index (χ4n) is 1.74. The van der Waals surface area contributed by atoms with E-state index < -0.39 is 0 Å². The van der Waals surface area contributed by atoms with Gasteiger partial charge in [0, 0.05) is 31.0 Å². The highest BCUT2D eigenvalue weighted by molar-refractivity contribution is 5.53. The van der Waals surface area contributed by atoms with E-state index in [1.165, 1.54) is 0 Å². The van der Waals surface area contributed by atoms with Crippen LogP contribution in [0.3, 0.4) is 0 Å². The molecule has 5 heteroatoms. The van der Waals surface area contributed by atoms with Crippen LogP contribution >= 0.6 is 0 Å². The van der Waals surface area contributed by atoms with Gasteiger partial charge in [0.25, 0.3) is 0 Å². The summed E-state index contributed by atoms with van der Waals surface area (Å²) in [5.41, 5.74) is 3.74. The first-order valence-electron chi connectivity index (χ1n) is 5.99. The van der Waals surface area contributed by atoms with Crippen LogP contribution in [0.15, 0.2) is 18.3 Å². The molecular weight excluding hydrogens is 214 g/mol. The Kier molecular flexibility index (Phi) is 5.72. The number of anilines is 2. The van der Waals surface area contributed by atoms with Crippen LogP contribution in [0.4, 0.5) is 11.5 Å². The Morgan fingerprint density at radius 2 is 2.12 bits per heavy atom. The number of nitrogens with one attached hydrogen (secondary N) is 1. The molecule has 1 aromatic heterocycles. The molecule has 0 unspecified atom stereocenters. The summed E-state index contributed by atoms with van der Waals surface area (Å²) < 4.78 is 0. The smallest absolute Gasteiger partial charge is 0.141 e. The highest BCUT2D eigenvalue weighted by Gasteiger charge is 2.05. The van der Waals surface area contributed by atoms with Gasteiger partial charge in [-0.15, -0.1) is 0 Å². The number of aromatic nitrogens is 1. The minimum absolute atomic E-state index is 0.702. The third kappa shape index (κ3) is 4.58. The van der Waals surface area contributed by atoms with Gasteiger partial charge >= 0.3 is 0 Å². The molecule has 0 atom stereocenters. The van der Waals surface area contributed by atoms with E-state index in [-0.39, 0.29) is 0 Å². The van der Waals surface area contributed by atoms with Crippen molar-refractivity contribution < 1.29 is 0 Å². The number of nitrogen functional groups attached to an aromatic ring is 1. The van der Waals surface area contributed by atoms with Gasteiger partial charge in [-0.25, -0.2) is 10.8 Å². The van der Waals surface area contributed by atoms with Gasteiger partial charge in [0.1, 0.15) is 5.82 Å². The van der Waals surface area contributed by atoms with E-state index in [0.29, 0.717) is 5.82 Å². The zero-order valence-corrected chi connectivity index (χ0v) is 11.0. The summed E-state index contributed by atoms with van der Waals surface area (Å²) in [6.45, 7) is 5.29. The van der Waals surface area contributed by atoms with E-state index in [0.717, 1.165) is 31.7 Å². The SMILES string of the molecule is CCN(CCCN(C)C)c1ccnc(NN)c1. The van der Waals surface area contributed by atoms with Crippen molar-refractivity contribution in [2.75, 3.05) is 44.1 Å². The summed E-state index contributed by atoms with van der Waals surface area (Å²) in [5, 5.41) is 0. The summed E-state index contributed by atoms with van der Waals surface area (Å²) in [7, 11) is 4.19. The second-order valence-electron chi connectivity index (χ2n) is 4.28. The Hall–Kier alpha value is -1.33. The predicted molar refractivity (Wildman–Crippen MR) is 73.1 cm³/mol. The summed E-state index contributed by atoms with van der Waals surface area (Å²) in [6, 6.07) is 3.99. The Balaban J connectivity index is 2.59. The molecule has 0 fully saturated rings. The molecule has 0 aromatic carbocycles. The monoisotopic (exact) mass is 237 g/mol. The van der Waals surface area contributed by atoms with Crippen LogP contribution in [-0.2, 0) is 0 Å². The van der Waals surface area contributed by atoms with Crippen LogP contribution in [0.2, 0.25) is 0 Å². The minimum Gasteiger partial charge on any atom is -0.372 e. The minimum atomic E-state index is 0.702. The molecule has 0 amide bonds. The fraction of sp³-hybridized carbons (Fsp3) is 0.583. The summed E-state index contributed by atoms with van der Waals surface area (Å²) in [6.07, 6.45) is 2.92. The lowest BCUT2D eigenvalue weighted by Crippen LogP contribution is -2.27. The molecule has 0 aliphatic rings. The van der Waals surface area contributed by atoms with Crippen molar-refractivity contribution in [2.45, 2.75) is 13.3 Å². The molecule has 1 rings (SSSR count). The number of hydrazine groups is 1. The second kappa shape index (κ2) is 7.09. The van der Waals surface area contributed by atoms with Crippen molar-refractivity contribution in [1.29, 1.82) is 0 Å². The fourth-order valence-corrected chi connectivity index (χ4v) is 1.74. The zero-order valence-electron chi connectivity index (χ0n) is 11.0.